The molecule has 3 nitrogen and oxygen atoms in total. The Hall–Kier alpha value is -2.20. The zero-order chi connectivity index (χ0) is 13.2. The van der Waals surface area contributed by atoms with E-state index in [1.807, 2.05) is 6.07 Å². The van der Waals surface area contributed by atoms with E-state index in [1.165, 1.54) is 12.1 Å². The highest BCUT2D eigenvalue weighted by atomic mass is 35.5. The van der Waals surface area contributed by atoms with Gasteiger partial charge in [0.25, 0.3) is 0 Å². The Balaban J connectivity index is 1.95. The standard InChI is InChI=1S/C14H8ClFN2O/c15-14-13-6-5-12(7-9(13)8-17-18-14)19-11-3-1-10(16)2-4-11/h1-8H. The van der Waals surface area contributed by atoms with Gasteiger partial charge in [0, 0.05) is 10.8 Å². The first kappa shape index (κ1) is 11.9. The summed E-state index contributed by atoms with van der Waals surface area (Å²) in [5.74, 6) is 0.893. The van der Waals surface area contributed by atoms with E-state index in [2.05, 4.69) is 10.2 Å². The van der Waals surface area contributed by atoms with Crippen molar-refractivity contribution in [2.45, 2.75) is 0 Å². The van der Waals surface area contributed by atoms with Crippen LogP contribution in [0.1, 0.15) is 0 Å². The van der Waals surface area contributed by atoms with Crippen molar-refractivity contribution in [3.63, 3.8) is 0 Å². The largest absolute Gasteiger partial charge is 0.457 e. The molecule has 5 heteroatoms. The fraction of sp³-hybridized carbons (Fsp3) is 0. The fourth-order valence-corrected chi connectivity index (χ4v) is 1.95. The van der Waals surface area contributed by atoms with Crippen molar-refractivity contribution in [1.82, 2.24) is 10.2 Å². The number of aromatic nitrogens is 2. The zero-order valence-corrected chi connectivity index (χ0v) is 10.4. The molecular formula is C14H8ClFN2O. The second-order valence-corrected chi connectivity index (χ2v) is 4.30. The molecule has 3 aromatic rings. The van der Waals surface area contributed by atoms with Gasteiger partial charge < -0.3 is 4.74 Å². The number of ether oxygens (including phenoxy) is 1. The molecule has 2 aromatic carbocycles. The van der Waals surface area contributed by atoms with Gasteiger partial charge in [0.2, 0.25) is 0 Å². The Labute approximate surface area is 113 Å². The van der Waals surface area contributed by atoms with Crippen LogP contribution < -0.4 is 4.74 Å². The summed E-state index contributed by atoms with van der Waals surface area (Å²) in [7, 11) is 0. The third-order valence-corrected chi connectivity index (χ3v) is 2.92. The first-order chi connectivity index (χ1) is 9.22. The summed E-state index contributed by atoms with van der Waals surface area (Å²) in [5.41, 5.74) is 0. The fourth-order valence-electron chi connectivity index (χ4n) is 1.73. The summed E-state index contributed by atoms with van der Waals surface area (Å²) in [6, 6.07) is 11.2. The quantitative estimate of drug-likeness (QED) is 0.702. The molecule has 0 radical (unpaired) electrons. The maximum Gasteiger partial charge on any atom is 0.159 e. The van der Waals surface area contributed by atoms with Crippen LogP contribution in [-0.2, 0) is 0 Å². The molecule has 1 heterocycles. The van der Waals surface area contributed by atoms with Crippen molar-refractivity contribution in [3.8, 4) is 11.5 Å². The van der Waals surface area contributed by atoms with E-state index in [-0.39, 0.29) is 5.82 Å². The summed E-state index contributed by atoms with van der Waals surface area (Å²) in [5, 5.41) is 9.54. The van der Waals surface area contributed by atoms with Crippen LogP contribution in [0.2, 0.25) is 5.15 Å². The van der Waals surface area contributed by atoms with Crippen molar-refractivity contribution in [3.05, 3.63) is 59.6 Å². The van der Waals surface area contributed by atoms with Crippen LogP contribution in [0.15, 0.2) is 48.7 Å². The van der Waals surface area contributed by atoms with Crippen LogP contribution in [0.4, 0.5) is 4.39 Å². The lowest BCUT2D eigenvalue weighted by molar-refractivity contribution is 0.481. The van der Waals surface area contributed by atoms with Crippen molar-refractivity contribution < 1.29 is 9.13 Å². The minimum Gasteiger partial charge on any atom is -0.457 e. The number of hydrogen-bond acceptors (Lipinski definition) is 3. The minimum absolute atomic E-state index is 0.298. The summed E-state index contributed by atoms with van der Waals surface area (Å²) >= 11 is 5.93. The Bertz CT molecular complexity index is 731. The highest BCUT2D eigenvalue weighted by Gasteiger charge is 2.03. The highest BCUT2D eigenvalue weighted by molar-refractivity contribution is 6.34. The van der Waals surface area contributed by atoms with E-state index in [0.717, 1.165) is 10.8 Å². The lowest BCUT2D eigenvalue weighted by Gasteiger charge is -2.06. The van der Waals surface area contributed by atoms with Crippen molar-refractivity contribution in [2.75, 3.05) is 0 Å². The number of benzene rings is 2. The first-order valence-corrected chi connectivity index (χ1v) is 5.94. The highest BCUT2D eigenvalue weighted by Crippen LogP contribution is 2.27. The van der Waals surface area contributed by atoms with Crippen LogP contribution in [0.5, 0.6) is 11.5 Å². The topological polar surface area (TPSA) is 35.0 Å². The molecule has 3 rings (SSSR count). The van der Waals surface area contributed by atoms with Crippen LogP contribution >= 0.6 is 11.6 Å². The molecule has 94 valence electrons. The van der Waals surface area contributed by atoms with Crippen LogP contribution in [0.3, 0.4) is 0 Å². The van der Waals surface area contributed by atoms with Gasteiger partial charge in [-0.05, 0) is 42.5 Å². The Kier molecular flexibility index (Phi) is 3.01. The van der Waals surface area contributed by atoms with E-state index in [0.29, 0.717) is 16.7 Å². The molecular weight excluding hydrogens is 267 g/mol. The normalized spacial score (nSPS) is 10.6. The third kappa shape index (κ3) is 2.48. The van der Waals surface area contributed by atoms with Gasteiger partial charge >= 0.3 is 0 Å². The van der Waals surface area contributed by atoms with Crippen molar-refractivity contribution in [1.29, 1.82) is 0 Å². The second-order valence-electron chi connectivity index (χ2n) is 3.94. The van der Waals surface area contributed by atoms with E-state index in [4.69, 9.17) is 16.3 Å². The Morgan fingerprint density at radius 2 is 1.74 bits per heavy atom. The number of hydrogen-bond donors (Lipinski definition) is 0. The number of nitrogens with zero attached hydrogens (tertiary/aromatic N) is 2. The second kappa shape index (κ2) is 4.82. The predicted molar refractivity (Wildman–Crippen MR) is 71.0 cm³/mol. The monoisotopic (exact) mass is 274 g/mol. The Morgan fingerprint density at radius 3 is 2.53 bits per heavy atom. The third-order valence-electron chi connectivity index (χ3n) is 2.64. The number of halogens is 2. The smallest absolute Gasteiger partial charge is 0.159 e. The van der Waals surface area contributed by atoms with E-state index in [9.17, 15) is 4.39 Å². The van der Waals surface area contributed by atoms with Gasteiger partial charge in [-0.3, -0.25) is 0 Å². The summed E-state index contributed by atoms with van der Waals surface area (Å²) in [6.07, 6.45) is 1.61. The van der Waals surface area contributed by atoms with Gasteiger partial charge in [0.15, 0.2) is 5.15 Å². The summed E-state index contributed by atoms with van der Waals surface area (Å²) in [4.78, 5) is 0. The van der Waals surface area contributed by atoms with Gasteiger partial charge in [0.1, 0.15) is 17.3 Å². The molecule has 1 aromatic heterocycles. The van der Waals surface area contributed by atoms with Gasteiger partial charge in [-0.1, -0.05) is 11.6 Å². The lowest BCUT2D eigenvalue weighted by Crippen LogP contribution is -1.87. The molecule has 0 unspecified atom stereocenters. The molecule has 0 aliphatic rings. The molecule has 0 aliphatic carbocycles. The molecule has 0 spiro atoms. The zero-order valence-electron chi connectivity index (χ0n) is 9.68. The minimum atomic E-state index is -0.298. The van der Waals surface area contributed by atoms with Crippen molar-refractivity contribution >= 4 is 22.4 Å². The van der Waals surface area contributed by atoms with Crippen LogP contribution in [-0.4, -0.2) is 10.2 Å². The van der Waals surface area contributed by atoms with Gasteiger partial charge in [-0.25, -0.2) is 4.39 Å². The summed E-state index contributed by atoms with van der Waals surface area (Å²) in [6.45, 7) is 0. The maximum absolute atomic E-state index is 12.8. The van der Waals surface area contributed by atoms with E-state index >= 15 is 0 Å². The SMILES string of the molecule is Fc1ccc(Oc2ccc3c(Cl)nncc3c2)cc1. The molecule has 0 saturated heterocycles. The molecule has 0 atom stereocenters. The molecule has 0 bridgehead atoms. The van der Waals surface area contributed by atoms with Gasteiger partial charge in [-0.2, -0.15) is 5.10 Å². The lowest BCUT2D eigenvalue weighted by atomic mass is 10.2. The maximum atomic E-state index is 12.8. The molecule has 0 amide bonds. The Morgan fingerprint density at radius 1 is 1.00 bits per heavy atom. The van der Waals surface area contributed by atoms with Crippen LogP contribution in [0.25, 0.3) is 10.8 Å². The number of fused-ring (bicyclic) bond motifs is 1. The van der Waals surface area contributed by atoms with Crippen molar-refractivity contribution in [2.24, 2.45) is 0 Å². The average Bonchev–Trinajstić information content (AvgIpc) is 2.42. The molecule has 0 aliphatic heterocycles. The average molecular weight is 275 g/mol. The molecule has 0 saturated carbocycles. The van der Waals surface area contributed by atoms with Gasteiger partial charge in [-0.15, -0.1) is 5.10 Å². The molecule has 19 heavy (non-hydrogen) atoms. The first-order valence-electron chi connectivity index (χ1n) is 5.57. The summed E-state index contributed by atoms with van der Waals surface area (Å²) < 4.78 is 18.4. The molecule has 0 N–H and O–H groups in total. The van der Waals surface area contributed by atoms with Gasteiger partial charge in [0.05, 0.1) is 6.20 Å². The molecule has 0 fully saturated rings. The predicted octanol–water partition coefficient (Wildman–Crippen LogP) is 4.21. The van der Waals surface area contributed by atoms with E-state index < -0.39 is 0 Å². The van der Waals surface area contributed by atoms with Crippen LogP contribution in [0, 0.1) is 5.82 Å². The van der Waals surface area contributed by atoms with E-state index in [1.54, 1.807) is 30.5 Å². The number of rotatable bonds is 2.